The Balaban J connectivity index is 2.62. The lowest BCUT2D eigenvalue weighted by Crippen LogP contribution is -2.35. The Hall–Kier alpha value is -1.03. The Bertz CT molecular complexity index is 403. The van der Waals surface area contributed by atoms with Gasteiger partial charge in [0, 0.05) is 0 Å². The number of amides is 1. The number of carbonyl (C=O) groups excluding carboxylic acids is 1. The lowest BCUT2D eigenvalue weighted by Gasteiger charge is -2.19. The van der Waals surface area contributed by atoms with Gasteiger partial charge in [-0.25, -0.2) is 0 Å². The highest BCUT2D eigenvalue weighted by atomic mass is 79.9. The third-order valence-electron chi connectivity index (χ3n) is 2.89. The van der Waals surface area contributed by atoms with Crippen molar-refractivity contribution in [1.82, 2.24) is 5.32 Å². The number of ether oxygens (including phenoxy) is 1. The van der Waals surface area contributed by atoms with Crippen LogP contribution in [0.4, 0.5) is 0 Å². The maximum absolute atomic E-state index is 12.0. The van der Waals surface area contributed by atoms with E-state index in [1.165, 1.54) is 0 Å². The van der Waals surface area contributed by atoms with Gasteiger partial charge in [-0.1, -0.05) is 41.9 Å². The Labute approximate surface area is 123 Å². The summed E-state index contributed by atoms with van der Waals surface area (Å²) in [5, 5.41) is 3.00. The van der Waals surface area contributed by atoms with Gasteiger partial charge in [0.2, 0.25) is 5.91 Å². The smallest absolute Gasteiger partial charge is 0.234 e. The molecule has 1 N–H and O–H groups in total. The van der Waals surface area contributed by atoms with Gasteiger partial charge in [0.05, 0.1) is 17.5 Å². The van der Waals surface area contributed by atoms with Gasteiger partial charge in [-0.05, 0) is 37.5 Å². The molecule has 1 rings (SSSR count). The van der Waals surface area contributed by atoms with Gasteiger partial charge in [-0.15, -0.1) is 0 Å². The molecule has 0 aliphatic rings. The normalized spacial score (nSPS) is 14.0. The number of hydrogen-bond donors (Lipinski definition) is 1. The second kappa shape index (κ2) is 7.53. The molecule has 1 aromatic carbocycles. The van der Waals surface area contributed by atoms with Gasteiger partial charge in [0.15, 0.2) is 0 Å². The molecule has 0 radical (unpaired) electrons. The standard InChI is InChI=1S/C15H22BrNO2/c1-5-19-13-8-6-12(7-9-13)11(4)17-15(18)14(16)10(2)3/h6-11,14H,5H2,1-4H3,(H,17,18). The van der Waals surface area contributed by atoms with Gasteiger partial charge in [0.1, 0.15) is 5.75 Å². The highest BCUT2D eigenvalue weighted by molar-refractivity contribution is 9.10. The minimum Gasteiger partial charge on any atom is -0.494 e. The summed E-state index contributed by atoms with van der Waals surface area (Å²) in [6.07, 6.45) is 0. The summed E-state index contributed by atoms with van der Waals surface area (Å²) in [5.74, 6) is 1.15. The maximum atomic E-state index is 12.0. The van der Waals surface area contributed by atoms with Crippen molar-refractivity contribution in [3.8, 4) is 5.75 Å². The van der Waals surface area contributed by atoms with Crippen LogP contribution < -0.4 is 10.1 Å². The van der Waals surface area contributed by atoms with Crippen molar-refractivity contribution in [3.05, 3.63) is 29.8 Å². The van der Waals surface area contributed by atoms with Gasteiger partial charge < -0.3 is 10.1 Å². The molecule has 1 amide bonds. The minimum atomic E-state index is -0.155. The van der Waals surface area contributed by atoms with Gasteiger partial charge in [-0.2, -0.15) is 0 Å². The van der Waals surface area contributed by atoms with E-state index in [9.17, 15) is 4.79 Å². The Morgan fingerprint density at radius 3 is 2.32 bits per heavy atom. The van der Waals surface area contributed by atoms with E-state index in [0.29, 0.717) is 6.61 Å². The summed E-state index contributed by atoms with van der Waals surface area (Å²) < 4.78 is 5.40. The topological polar surface area (TPSA) is 38.3 Å². The summed E-state index contributed by atoms with van der Waals surface area (Å²) >= 11 is 3.41. The molecule has 4 heteroatoms. The van der Waals surface area contributed by atoms with Crippen LogP contribution in [0.25, 0.3) is 0 Å². The lowest BCUT2D eigenvalue weighted by atomic mass is 10.1. The molecule has 0 saturated carbocycles. The largest absolute Gasteiger partial charge is 0.494 e. The van der Waals surface area contributed by atoms with Crippen LogP contribution in [0.15, 0.2) is 24.3 Å². The van der Waals surface area contributed by atoms with Crippen molar-refractivity contribution in [2.75, 3.05) is 6.61 Å². The molecule has 0 heterocycles. The summed E-state index contributed by atoms with van der Waals surface area (Å²) in [5.41, 5.74) is 1.07. The number of rotatable bonds is 6. The fourth-order valence-corrected chi connectivity index (χ4v) is 1.83. The average molecular weight is 328 g/mol. The number of alkyl halides is 1. The van der Waals surface area contributed by atoms with E-state index < -0.39 is 0 Å². The Kier molecular flexibility index (Phi) is 6.35. The van der Waals surface area contributed by atoms with Crippen molar-refractivity contribution >= 4 is 21.8 Å². The lowest BCUT2D eigenvalue weighted by molar-refractivity contribution is -0.121. The Morgan fingerprint density at radius 2 is 1.84 bits per heavy atom. The maximum Gasteiger partial charge on any atom is 0.234 e. The molecule has 106 valence electrons. The Morgan fingerprint density at radius 1 is 1.26 bits per heavy atom. The first kappa shape index (κ1) is 16.0. The van der Waals surface area contributed by atoms with Gasteiger partial charge in [0.25, 0.3) is 0 Å². The van der Waals surface area contributed by atoms with Crippen LogP contribution in [-0.4, -0.2) is 17.3 Å². The van der Waals surface area contributed by atoms with Crippen molar-refractivity contribution < 1.29 is 9.53 Å². The van der Waals surface area contributed by atoms with Crippen LogP contribution >= 0.6 is 15.9 Å². The summed E-state index contributed by atoms with van der Waals surface area (Å²) in [7, 11) is 0. The SMILES string of the molecule is CCOc1ccc(C(C)NC(=O)C(Br)C(C)C)cc1. The number of benzene rings is 1. The predicted octanol–water partition coefficient (Wildman–Crippen LogP) is 3.68. The van der Waals surface area contributed by atoms with E-state index >= 15 is 0 Å². The molecule has 0 saturated heterocycles. The molecule has 19 heavy (non-hydrogen) atoms. The zero-order chi connectivity index (χ0) is 14.4. The van der Waals surface area contributed by atoms with E-state index in [2.05, 4.69) is 21.2 Å². The van der Waals surface area contributed by atoms with E-state index in [4.69, 9.17) is 4.74 Å². The molecule has 2 unspecified atom stereocenters. The second-order valence-electron chi connectivity index (χ2n) is 4.88. The van der Waals surface area contributed by atoms with Crippen molar-refractivity contribution in [2.45, 2.75) is 38.6 Å². The molecule has 0 spiro atoms. The van der Waals surface area contributed by atoms with Gasteiger partial charge >= 0.3 is 0 Å². The first-order chi connectivity index (χ1) is 8.95. The molecule has 0 aromatic heterocycles. The predicted molar refractivity (Wildman–Crippen MR) is 81.7 cm³/mol. The van der Waals surface area contributed by atoms with Crippen molar-refractivity contribution in [2.24, 2.45) is 5.92 Å². The van der Waals surface area contributed by atoms with E-state index in [1.54, 1.807) is 0 Å². The average Bonchev–Trinajstić information content (AvgIpc) is 2.38. The van der Waals surface area contributed by atoms with Crippen LogP contribution in [0, 0.1) is 5.92 Å². The van der Waals surface area contributed by atoms with Crippen LogP contribution in [0.3, 0.4) is 0 Å². The number of halogens is 1. The van der Waals surface area contributed by atoms with Crippen LogP contribution in [0.1, 0.15) is 39.3 Å². The zero-order valence-corrected chi connectivity index (χ0v) is 13.5. The molecular formula is C15H22BrNO2. The van der Waals surface area contributed by atoms with Crippen molar-refractivity contribution in [1.29, 1.82) is 0 Å². The fraction of sp³-hybridized carbons (Fsp3) is 0.533. The van der Waals surface area contributed by atoms with Crippen LogP contribution in [-0.2, 0) is 4.79 Å². The third kappa shape index (κ3) is 4.86. The van der Waals surface area contributed by atoms with Crippen molar-refractivity contribution in [3.63, 3.8) is 0 Å². The molecule has 0 aliphatic carbocycles. The number of hydrogen-bond acceptors (Lipinski definition) is 2. The first-order valence-electron chi connectivity index (χ1n) is 6.63. The fourth-order valence-electron chi connectivity index (χ4n) is 1.70. The second-order valence-corrected chi connectivity index (χ2v) is 5.86. The number of nitrogens with one attached hydrogen (secondary N) is 1. The highest BCUT2D eigenvalue weighted by Gasteiger charge is 2.20. The first-order valence-corrected chi connectivity index (χ1v) is 7.54. The molecular weight excluding hydrogens is 306 g/mol. The molecule has 1 aromatic rings. The molecule has 0 aliphatic heterocycles. The third-order valence-corrected chi connectivity index (χ3v) is 4.36. The van der Waals surface area contributed by atoms with Crippen LogP contribution in [0.5, 0.6) is 5.75 Å². The zero-order valence-electron chi connectivity index (χ0n) is 11.9. The van der Waals surface area contributed by atoms with E-state index in [-0.39, 0.29) is 22.7 Å². The van der Waals surface area contributed by atoms with E-state index in [0.717, 1.165) is 11.3 Å². The summed E-state index contributed by atoms with van der Waals surface area (Å²) in [6.45, 7) is 8.62. The molecule has 2 atom stereocenters. The number of carbonyl (C=O) groups is 1. The highest BCUT2D eigenvalue weighted by Crippen LogP contribution is 2.19. The summed E-state index contributed by atoms with van der Waals surface area (Å²) in [6, 6.07) is 7.80. The summed E-state index contributed by atoms with van der Waals surface area (Å²) in [4.78, 5) is 11.8. The van der Waals surface area contributed by atoms with Crippen LogP contribution in [0.2, 0.25) is 0 Å². The molecule has 3 nitrogen and oxygen atoms in total. The monoisotopic (exact) mass is 327 g/mol. The van der Waals surface area contributed by atoms with Gasteiger partial charge in [-0.3, -0.25) is 4.79 Å². The molecule has 0 bridgehead atoms. The minimum absolute atomic E-state index is 0.0121. The quantitative estimate of drug-likeness (QED) is 0.809. The van der Waals surface area contributed by atoms with E-state index in [1.807, 2.05) is 52.0 Å². The molecule has 0 fully saturated rings.